The van der Waals surface area contributed by atoms with Crippen LogP contribution in [0.4, 0.5) is 0 Å². The molecule has 0 aromatic heterocycles. The van der Waals surface area contributed by atoms with Gasteiger partial charge in [-0.05, 0) is 31.6 Å². The predicted octanol–water partition coefficient (Wildman–Crippen LogP) is 2.69. The quantitative estimate of drug-likeness (QED) is 0.716. The minimum absolute atomic E-state index is 0.462. The van der Waals surface area contributed by atoms with E-state index in [0.717, 1.165) is 32.1 Å². The van der Waals surface area contributed by atoms with Gasteiger partial charge in [-0.3, -0.25) is 4.79 Å². The van der Waals surface area contributed by atoms with E-state index < -0.39 is 11.4 Å². The molecule has 1 N–H and O–H groups in total. The first-order chi connectivity index (χ1) is 7.10. The first-order valence-corrected chi connectivity index (χ1v) is 5.83. The van der Waals surface area contributed by atoms with Crippen molar-refractivity contribution in [3.63, 3.8) is 0 Å². The first-order valence-electron chi connectivity index (χ1n) is 5.83. The highest BCUT2D eigenvalue weighted by atomic mass is 16.5. The number of rotatable bonds is 5. The highest BCUT2D eigenvalue weighted by Crippen LogP contribution is 2.42. The van der Waals surface area contributed by atoms with Gasteiger partial charge in [0.2, 0.25) is 0 Å². The predicted molar refractivity (Wildman–Crippen MR) is 58.8 cm³/mol. The topological polar surface area (TPSA) is 46.5 Å². The third-order valence-electron chi connectivity index (χ3n) is 3.55. The zero-order valence-electron chi connectivity index (χ0n) is 9.79. The average molecular weight is 214 g/mol. The lowest BCUT2D eigenvalue weighted by Crippen LogP contribution is -2.36. The summed E-state index contributed by atoms with van der Waals surface area (Å²) in [7, 11) is 1.66. The van der Waals surface area contributed by atoms with Crippen molar-refractivity contribution in [2.45, 2.75) is 45.4 Å². The number of hydrogen-bond acceptors (Lipinski definition) is 2. The Labute approximate surface area is 91.8 Å². The second kappa shape index (κ2) is 5.50. The molecular formula is C12H22O3. The molecule has 0 bridgehead atoms. The Morgan fingerprint density at radius 2 is 2.33 bits per heavy atom. The summed E-state index contributed by atoms with van der Waals surface area (Å²) in [5.74, 6) is -0.0532. The van der Waals surface area contributed by atoms with Gasteiger partial charge in [0.15, 0.2) is 0 Å². The molecule has 0 amide bonds. The Morgan fingerprint density at radius 1 is 1.60 bits per heavy atom. The molecule has 1 rings (SSSR count). The molecule has 1 fully saturated rings. The van der Waals surface area contributed by atoms with Crippen LogP contribution in [0.2, 0.25) is 0 Å². The third-order valence-corrected chi connectivity index (χ3v) is 3.55. The summed E-state index contributed by atoms with van der Waals surface area (Å²) in [6.45, 7) is 2.83. The van der Waals surface area contributed by atoms with E-state index in [2.05, 4.69) is 6.92 Å². The van der Waals surface area contributed by atoms with Crippen molar-refractivity contribution in [2.24, 2.45) is 11.3 Å². The van der Waals surface area contributed by atoms with Gasteiger partial charge in [-0.25, -0.2) is 0 Å². The molecular weight excluding hydrogens is 192 g/mol. The lowest BCUT2D eigenvalue weighted by molar-refractivity contribution is -0.152. The van der Waals surface area contributed by atoms with E-state index in [0.29, 0.717) is 12.5 Å². The molecule has 15 heavy (non-hydrogen) atoms. The van der Waals surface area contributed by atoms with Crippen molar-refractivity contribution < 1.29 is 14.6 Å². The SMILES string of the molecule is COCCCC1(C(=O)O)CCCC(C)C1. The normalized spacial score (nSPS) is 31.5. The van der Waals surface area contributed by atoms with E-state index in [9.17, 15) is 9.90 Å². The Morgan fingerprint density at radius 3 is 2.87 bits per heavy atom. The van der Waals surface area contributed by atoms with Crippen LogP contribution in [0, 0.1) is 11.3 Å². The van der Waals surface area contributed by atoms with E-state index in [1.807, 2.05) is 0 Å². The van der Waals surface area contributed by atoms with Gasteiger partial charge in [-0.2, -0.15) is 0 Å². The minimum atomic E-state index is -0.606. The van der Waals surface area contributed by atoms with Crippen LogP contribution >= 0.6 is 0 Å². The Hall–Kier alpha value is -0.570. The number of hydrogen-bond donors (Lipinski definition) is 1. The average Bonchev–Trinajstić information content (AvgIpc) is 2.18. The van der Waals surface area contributed by atoms with E-state index in [4.69, 9.17) is 4.74 Å². The van der Waals surface area contributed by atoms with Crippen LogP contribution in [0.1, 0.15) is 45.4 Å². The zero-order chi connectivity index (χ0) is 11.3. The van der Waals surface area contributed by atoms with Gasteiger partial charge in [0, 0.05) is 13.7 Å². The molecule has 0 aliphatic heterocycles. The summed E-state index contributed by atoms with van der Waals surface area (Å²) in [5, 5.41) is 9.37. The summed E-state index contributed by atoms with van der Waals surface area (Å²) >= 11 is 0. The standard InChI is InChI=1S/C12H22O3/c1-10-5-3-6-12(9-10,11(13)14)7-4-8-15-2/h10H,3-9H2,1-2H3,(H,13,14). The van der Waals surface area contributed by atoms with Crippen LogP contribution in [0.15, 0.2) is 0 Å². The Bertz CT molecular complexity index is 215. The summed E-state index contributed by atoms with van der Waals surface area (Å²) in [5.41, 5.74) is -0.462. The van der Waals surface area contributed by atoms with E-state index in [1.54, 1.807) is 7.11 Å². The summed E-state index contributed by atoms with van der Waals surface area (Å²) < 4.78 is 4.99. The van der Waals surface area contributed by atoms with Gasteiger partial charge in [-0.15, -0.1) is 0 Å². The number of carbonyl (C=O) groups is 1. The molecule has 2 atom stereocenters. The van der Waals surface area contributed by atoms with E-state index >= 15 is 0 Å². The largest absolute Gasteiger partial charge is 0.481 e. The minimum Gasteiger partial charge on any atom is -0.481 e. The molecule has 88 valence electrons. The maximum absolute atomic E-state index is 11.4. The smallest absolute Gasteiger partial charge is 0.309 e. The third kappa shape index (κ3) is 3.20. The second-order valence-corrected chi connectivity index (χ2v) is 4.88. The molecule has 0 heterocycles. The van der Waals surface area contributed by atoms with Crippen molar-refractivity contribution >= 4 is 5.97 Å². The molecule has 3 heteroatoms. The van der Waals surface area contributed by atoms with Crippen LogP contribution in [-0.4, -0.2) is 24.8 Å². The van der Waals surface area contributed by atoms with Crippen LogP contribution in [0.25, 0.3) is 0 Å². The lowest BCUT2D eigenvalue weighted by atomic mass is 9.68. The molecule has 0 spiro atoms. The number of aliphatic carboxylic acids is 1. The molecule has 0 aromatic rings. The first kappa shape index (κ1) is 12.5. The van der Waals surface area contributed by atoms with Gasteiger partial charge in [0.1, 0.15) is 0 Å². The van der Waals surface area contributed by atoms with Crippen molar-refractivity contribution in [1.29, 1.82) is 0 Å². The molecule has 0 aromatic carbocycles. The molecule has 2 unspecified atom stereocenters. The molecule has 1 aliphatic rings. The molecule has 0 radical (unpaired) electrons. The lowest BCUT2D eigenvalue weighted by Gasteiger charge is -2.36. The summed E-state index contributed by atoms with van der Waals surface area (Å²) in [6.07, 6.45) is 5.54. The van der Waals surface area contributed by atoms with Crippen molar-refractivity contribution in [3.8, 4) is 0 Å². The van der Waals surface area contributed by atoms with Crippen molar-refractivity contribution in [1.82, 2.24) is 0 Å². The molecule has 1 saturated carbocycles. The van der Waals surface area contributed by atoms with Crippen LogP contribution in [-0.2, 0) is 9.53 Å². The summed E-state index contributed by atoms with van der Waals surface area (Å²) in [6, 6.07) is 0. The fraction of sp³-hybridized carbons (Fsp3) is 0.917. The Kier molecular flexibility index (Phi) is 4.58. The fourth-order valence-electron chi connectivity index (χ4n) is 2.74. The van der Waals surface area contributed by atoms with Gasteiger partial charge < -0.3 is 9.84 Å². The van der Waals surface area contributed by atoms with Crippen LogP contribution < -0.4 is 0 Å². The van der Waals surface area contributed by atoms with Crippen LogP contribution in [0.5, 0.6) is 0 Å². The number of methoxy groups -OCH3 is 1. The molecule has 1 aliphatic carbocycles. The van der Waals surface area contributed by atoms with Crippen LogP contribution in [0.3, 0.4) is 0 Å². The zero-order valence-corrected chi connectivity index (χ0v) is 9.79. The van der Waals surface area contributed by atoms with Gasteiger partial charge >= 0.3 is 5.97 Å². The number of carboxylic acids is 1. The maximum atomic E-state index is 11.4. The van der Waals surface area contributed by atoms with E-state index in [-0.39, 0.29) is 0 Å². The maximum Gasteiger partial charge on any atom is 0.309 e. The number of ether oxygens (including phenoxy) is 1. The van der Waals surface area contributed by atoms with E-state index in [1.165, 1.54) is 6.42 Å². The highest BCUT2D eigenvalue weighted by molar-refractivity contribution is 5.74. The van der Waals surface area contributed by atoms with Crippen molar-refractivity contribution in [3.05, 3.63) is 0 Å². The second-order valence-electron chi connectivity index (χ2n) is 4.88. The molecule has 0 saturated heterocycles. The number of carboxylic acid groups (broad SMARTS) is 1. The van der Waals surface area contributed by atoms with Crippen molar-refractivity contribution in [2.75, 3.05) is 13.7 Å². The van der Waals surface area contributed by atoms with Gasteiger partial charge in [0.25, 0.3) is 0 Å². The monoisotopic (exact) mass is 214 g/mol. The van der Waals surface area contributed by atoms with Gasteiger partial charge in [0.05, 0.1) is 5.41 Å². The fourth-order valence-corrected chi connectivity index (χ4v) is 2.74. The van der Waals surface area contributed by atoms with Gasteiger partial charge in [-0.1, -0.05) is 19.8 Å². The Balaban J connectivity index is 2.57. The summed E-state index contributed by atoms with van der Waals surface area (Å²) in [4.78, 5) is 11.4. The highest BCUT2D eigenvalue weighted by Gasteiger charge is 2.41. The molecule has 3 nitrogen and oxygen atoms in total.